The van der Waals surface area contributed by atoms with Crippen LogP contribution in [0.1, 0.15) is 16.7 Å². The Kier molecular flexibility index (Phi) is 1.63. The first kappa shape index (κ1) is 7.93. The third-order valence-corrected chi connectivity index (χ3v) is 2.30. The van der Waals surface area contributed by atoms with E-state index in [1.165, 1.54) is 0 Å². The second kappa shape index (κ2) is 2.67. The molecule has 66 valence electrons. The fourth-order valence-corrected chi connectivity index (χ4v) is 1.72. The van der Waals surface area contributed by atoms with Crippen molar-refractivity contribution in [3.8, 4) is 11.8 Å². The number of benzene rings is 1. The van der Waals surface area contributed by atoms with Crippen molar-refractivity contribution in [1.82, 2.24) is 0 Å². The standard InChI is InChI=1S/C10H10N2O/c1-6-4-9(12)8(5-11)7-2-3-13-10(6)7/h4H,2-3,12H2,1H3. The van der Waals surface area contributed by atoms with Gasteiger partial charge in [0, 0.05) is 12.0 Å². The molecule has 2 N–H and O–H groups in total. The van der Waals surface area contributed by atoms with Crippen molar-refractivity contribution in [2.75, 3.05) is 12.3 Å². The zero-order valence-electron chi connectivity index (χ0n) is 7.42. The van der Waals surface area contributed by atoms with Gasteiger partial charge in [0.15, 0.2) is 0 Å². The Morgan fingerprint density at radius 3 is 3.08 bits per heavy atom. The van der Waals surface area contributed by atoms with Gasteiger partial charge in [0.1, 0.15) is 11.8 Å². The minimum absolute atomic E-state index is 0.559. The summed E-state index contributed by atoms with van der Waals surface area (Å²) in [6.07, 6.45) is 0.796. The van der Waals surface area contributed by atoms with E-state index in [0.717, 1.165) is 23.3 Å². The molecule has 1 heterocycles. The number of hydrogen-bond acceptors (Lipinski definition) is 3. The third-order valence-electron chi connectivity index (χ3n) is 2.30. The van der Waals surface area contributed by atoms with Crippen LogP contribution in [-0.4, -0.2) is 6.61 Å². The first-order valence-electron chi connectivity index (χ1n) is 4.19. The van der Waals surface area contributed by atoms with Gasteiger partial charge in [-0.25, -0.2) is 0 Å². The van der Waals surface area contributed by atoms with Gasteiger partial charge in [-0.05, 0) is 18.6 Å². The van der Waals surface area contributed by atoms with E-state index < -0.39 is 0 Å². The van der Waals surface area contributed by atoms with Crippen LogP contribution < -0.4 is 10.5 Å². The summed E-state index contributed by atoms with van der Waals surface area (Å²) in [5, 5.41) is 8.89. The minimum atomic E-state index is 0.559. The molecular formula is C10H10N2O. The number of nitrogens with zero attached hydrogens (tertiary/aromatic N) is 1. The van der Waals surface area contributed by atoms with E-state index in [4.69, 9.17) is 15.7 Å². The van der Waals surface area contributed by atoms with E-state index in [0.29, 0.717) is 17.9 Å². The Labute approximate surface area is 76.7 Å². The number of nitrogens with two attached hydrogens (primary N) is 1. The maximum atomic E-state index is 8.89. The number of nitriles is 1. The van der Waals surface area contributed by atoms with Crippen molar-refractivity contribution in [3.63, 3.8) is 0 Å². The van der Waals surface area contributed by atoms with Gasteiger partial charge in [-0.2, -0.15) is 5.26 Å². The topological polar surface area (TPSA) is 59.0 Å². The van der Waals surface area contributed by atoms with Crippen LogP contribution in [0.2, 0.25) is 0 Å². The molecule has 0 amide bonds. The van der Waals surface area contributed by atoms with Crippen LogP contribution in [-0.2, 0) is 6.42 Å². The first-order valence-corrected chi connectivity index (χ1v) is 4.19. The highest BCUT2D eigenvalue weighted by Crippen LogP contribution is 2.34. The lowest BCUT2D eigenvalue weighted by Crippen LogP contribution is -1.96. The Bertz CT molecular complexity index is 404. The normalized spacial score (nSPS) is 13.2. The average Bonchev–Trinajstić information content (AvgIpc) is 2.53. The van der Waals surface area contributed by atoms with E-state index in [2.05, 4.69) is 6.07 Å². The molecule has 0 saturated carbocycles. The summed E-state index contributed by atoms with van der Waals surface area (Å²) in [5.41, 5.74) is 8.86. The highest BCUT2D eigenvalue weighted by molar-refractivity contribution is 5.65. The summed E-state index contributed by atoms with van der Waals surface area (Å²) in [7, 11) is 0. The summed E-state index contributed by atoms with van der Waals surface area (Å²) >= 11 is 0. The van der Waals surface area contributed by atoms with Gasteiger partial charge in [0.25, 0.3) is 0 Å². The molecule has 1 aliphatic heterocycles. The van der Waals surface area contributed by atoms with Crippen LogP contribution in [0.3, 0.4) is 0 Å². The maximum Gasteiger partial charge on any atom is 0.127 e. The molecule has 0 unspecified atom stereocenters. The van der Waals surface area contributed by atoms with Crippen molar-refractivity contribution >= 4 is 5.69 Å². The summed E-state index contributed by atoms with van der Waals surface area (Å²) < 4.78 is 5.42. The summed E-state index contributed by atoms with van der Waals surface area (Å²) in [6, 6.07) is 3.91. The Morgan fingerprint density at radius 1 is 1.62 bits per heavy atom. The molecule has 2 rings (SSSR count). The number of hydrogen-bond donors (Lipinski definition) is 1. The van der Waals surface area contributed by atoms with Gasteiger partial charge in [0.05, 0.1) is 17.9 Å². The van der Waals surface area contributed by atoms with Crippen LogP contribution in [0.25, 0.3) is 0 Å². The van der Waals surface area contributed by atoms with Crippen LogP contribution >= 0.6 is 0 Å². The van der Waals surface area contributed by atoms with E-state index in [1.54, 1.807) is 6.07 Å². The molecule has 0 aliphatic carbocycles. The second-order valence-corrected chi connectivity index (χ2v) is 3.18. The molecule has 3 nitrogen and oxygen atoms in total. The summed E-state index contributed by atoms with van der Waals surface area (Å²) in [4.78, 5) is 0. The van der Waals surface area contributed by atoms with Crippen molar-refractivity contribution in [2.24, 2.45) is 0 Å². The molecule has 13 heavy (non-hydrogen) atoms. The summed E-state index contributed by atoms with van der Waals surface area (Å²) in [6.45, 7) is 2.61. The van der Waals surface area contributed by atoms with Crippen LogP contribution in [0.15, 0.2) is 6.07 Å². The predicted octanol–water partition coefficient (Wildman–Crippen LogP) is 1.38. The van der Waals surface area contributed by atoms with Gasteiger partial charge >= 0.3 is 0 Å². The zero-order chi connectivity index (χ0) is 9.42. The van der Waals surface area contributed by atoms with Crippen molar-refractivity contribution in [1.29, 1.82) is 5.26 Å². The van der Waals surface area contributed by atoms with Gasteiger partial charge in [0.2, 0.25) is 0 Å². The number of anilines is 1. The van der Waals surface area contributed by atoms with Gasteiger partial charge in [-0.3, -0.25) is 0 Å². The largest absolute Gasteiger partial charge is 0.493 e. The number of ether oxygens (including phenoxy) is 1. The molecule has 3 heteroatoms. The van der Waals surface area contributed by atoms with E-state index in [-0.39, 0.29) is 0 Å². The monoisotopic (exact) mass is 174 g/mol. The fourth-order valence-electron chi connectivity index (χ4n) is 1.72. The maximum absolute atomic E-state index is 8.89. The molecule has 0 aromatic heterocycles. The molecule has 0 spiro atoms. The third kappa shape index (κ3) is 1.03. The molecule has 0 bridgehead atoms. The Balaban J connectivity index is 2.74. The molecule has 0 fully saturated rings. The lowest BCUT2D eigenvalue weighted by atomic mass is 10.0. The number of aryl methyl sites for hydroxylation is 1. The smallest absolute Gasteiger partial charge is 0.127 e. The predicted molar refractivity (Wildman–Crippen MR) is 49.5 cm³/mol. The van der Waals surface area contributed by atoms with Crippen molar-refractivity contribution in [3.05, 3.63) is 22.8 Å². The number of rotatable bonds is 0. The van der Waals surface area contributed by atoms with E-state index in [1.807, 2.05) is 6.92 Å². The van der Waals surface area contributed by atoms with Crippen LogP contribution in [0, 0.1) is 18.3 Å². The molecular weight excluding hydrogens is 164 g/mol. The average molecular weight is 174 g/mol. The quantitative estimate of drug-likeness (QED) is 0.604. The molecule has 0 radical (unpaired) electrons. The lowest BCUT2D eigenvalue weighted by Gasteiger charge is -2.07. The minimum Gasteiger partial charge on any atom is -0.493 e. The SMILES string of the molecule is Cc1cc(N)c(C#N)c2c1OCC2. The Morgan fingerprint density at radius 2 is 2.38 bits per heavy atom. The van der Waals surface area contributed by atoms with Crippen LogP contribution in [0.5, 0.6) is 5.75 Å². The lowest BCUT2D eigenvalue weighted by molar-refractivity contribution is 0.354. The van der Waals surface area contributed by atoms with Crippen molar-refractivity contribution in [2.45, 2.75) is 13.3 Å². The second-order valence-electron chi connectivity index (χ2n) is 3.18. The number of fused-ring (bicyclic) bond motifs is 1. The molecule has 0 atom stereocenters. The first-order chi connectivity index (χ1) is 6.24. The Hall–Kier alpha value is -1.69. The number of nitrogen functional groups attached to an aromatic ring is 1. The van der Waals surface area contributed by atoms with E-state index in [9.17, 15) is 0 Å². The van der Waals surface area contributed by atoms with Crippen molar-refractivity contribution < 1.29 is 4.74 Å². The van der Waals surface area contributed by atoms with Gasteiger partial charge in [-0.1, -0.05) is 0 Å². The fraction of sp³-hybridized carbons (Fsp3) is 0.300. The van der Waals surface area contributed by atoms with Crippen LogP contribution in [0.4, 0.5) is 5.69 Å². The molecule has 1 aliphatic rings. The molecule has 1 aromatic rings. The van der Waals surface area contributed by atoms with Gasteiger partial charge < -0.3 is 10.5 Å². The highest BCUT2D eigenvalue weighted by atomic mass is 16.5. The van der Waals surface area contributed by atoms with E-state index >= 15 is 0 Å². The zero-order valence-corrected chi connectivity index (χ0v) is 7.42. The highest BCUT2D eigenvalue weighted by Gasteiger charge is 2.20. The molecule has 1 aromatic carbocycles. The molecule has 0 saturated heterocycles. The van der Waals surface area contributed by atoms with Gasteiger partial charge in [-0.15, -0.1) is 0 Å². The summed E-state index contributed by atoms with van der Waals surface area (Å²) in [5.74, 6) is 0.853.